The van der Waals surface area contributed by atoms with E-state index in [0.29, 0.717) is 33.3 Å². The number of thioether (sulfide) groups is 1. The van der Waals surface area contributed by atoms with E-state index in [9.17, 15) is 9.59 Å². The Kier molecular flexibility index (Phi) is 6.07. The number of benzene rings is 2. The number of H-pyrrole nitrogens is 1. The monoisotopic (exact) mass is 492 g/mol. The lowest BCUT2D eigenvalue weighted by Gasteiger charge is -2.09. The van der Waals surface area contributed by atoms with Gasteiger partial charge in [0, 0.05) is 16.8 Å². The molecule has 0 aliphatic rings. The van der Waals surface area contributed by atoms with E-state index in [1.54, 1.807) is 47.2 Å². The number of nitrogens with one attached hydrogen (secondary N) is 2. The molecule has 3 aromatic heterocycles. The van der Waals surface area contributed by atoms with E-state index in [0.717, 1.165) is 5.69 Å². The highest BCUT2D eigenvalue weighted by Crippen LogP contribution is 2.29. The van der Waals surface area contributed by atoms with Gasteiger partial charge in [-0.1, -0.05) is 41.6 Å². The van der Waals surface area contributed by atoms with E-state index in [1.807, 2.05) is 30.3 Å². The Labute approximate surface area is 202 Å². The molecular weight excluding hydrogens is 476 g/mol. The summed E-state index contributed by atoms with van der Waals surface area (Å²) in [4.78, 5) is 24.9. The van der Waals surface area contributed by atoms with Gasteiger partial charge in [0.15, 0.2) is 10.9 Å². The van der Waals surface area contributed by atoms with Gasteiger partial charge in [-0.3, -0.25) is 19.3 Å². The molecule has 0 fully saturated rings. The van der Waals surface area contributed by atoms with E-state index in [1.165, 1.54) is 22.5 Å². The molecule has 0 aliphatic heterocycles. The van der Waals surface area contributed by atoms with Crippen LogP contribution in [0.3, 0.4) is 0 Å². The third-order valence-corrected chi connectivity index (χ3v) is 5.98. The van der Waals surface area contributed by atoms with Crippen molar-refractivity contribution in [2.45, 2.75) is 5.16 Å². The fourth-order valence-corrected chi connectivity index (χ4v) is 4.17. The zero-order valence-electron chi connectivity index (χ0n) is 17.5. The van der Waals surface area contributed by atoms with Gasteiger partial charge in [-0.05, 0) is 48.5 Å². The predicted octanol–water partition coefficient (Wildman–Crippen LogP) is 4.39. The van der Waals surface area contributed by atoms with E-state index in [-0.39, 0.29) is 17.2 Å². The van der Waals surface area contributed by atoms with Gasteiger partial charge in [0.2, 0.25) is 11.7 Å². The summed E-state index contributed by atoms with van der Waals surface area (Å²) in [6.45, 7) is 0. The minimum atomic E-state index is -0.309. The molecule has 0 unspecified atom stereocenters. The van der Waals surface area contributed by atoms with Gasteiger partial charge in [0.05, 0.1) is 17.7 Å². The molecule has 3 heterocycles. The first-order valence-electron chi connectivity index (χ1n) is 10.1. The molecule has 0 saturated heterocycles. The number of para-hydroxylation sites is 1. The zero-order valence-corrected chi connectivity index (χ0v) is 19.1. The summed E-state index contributed by atoms with van der Waals surface area (Å²) in [5.41, 5.74) is 1.16. The minimum absolute atomic E-state index is 0.0441. The Morgan fingerprint density at radius 1 is 1.03 bits per heavy atom. The van der Waals surface area contributed by atoms with Crippen LogP contribution in [-0.2, 0) is 4.79 Å². The number of carbonyl (C=O) groups is 1. The Bertz CT molecular complexity index is 1470. The average Bonchev–Trinajstić information content (AvgIpc) is 3.59. The molecule has 0 atom stereocenters. The van der Waals surface area contributed by atoms with Crippen LogP contribution in [0.4, 0.5) is 5.82 Å². The van der Waals surface area contributed by atoms with Crippen molar-refractivity contribution < 1.29 is 9.21 Å². The van der Waals surface area contributed by atoms with Crippen molar-refractivity contribution in [3.8, 4) is 23.0 Å². The van der Waals surface area contributed by atoms with Crippen molar-refractivity contribution >= 4 is 35.1 Å². The van der Waals surface area contributed by atoms with Gasteiger partial charge >= 0.3 is 0 Å². The average molecular weight is 493 g/mol. The maximum absolute atomic E-state index is 12.6. The normalized spacial score (nSPS) is 11.0. The number of aromatic amines is 1. The maximum atomic E-state index is 12.6. The highest BCUT2D eigenvalue weighted by atomic mass is 35.5. The number of furan rings is 1. The van der Waals surface area contributed by atoms with Crippen molar-refractivity contribution in [2.75, 3.05) is 11.1 Å². The summed E-state index contributed by atoms with van der Waals surface area (Å²) < 4.78 is 8.65. The Morgan fingerprint density at radius 2 is 1.82 bits per heavy atom. The topological polar surface area (TPSA) is 111 Å². The van der Waals surface area contributed by atoms with Crippen LogP contribution in [0.15, 0.2) is 93.4 Å². The van der Waals surface area contributed by atoms with E-state index < -0.39 is 0 Å². The van der Waals surface area contributed by atoms with Gasteiger partial charge in [-0.15, -0.1) is 10.2 Å². The highest BCUT2D eigenvalue weighted by molar-refractivity contribution is 7.99. The maximum Gasteiger partial charge on any atom is 0.273 e. The number of amides is 1. The number of aromatic nitrogens is 5. The van der Waals surface area contributed by atoms with Crippen molar-refractivity contribution in [3.63, 3.8) is 0 Å². The molecule has 2 N–H and O–H groups in total. The molecule has 0 saturated carbocycles. The molecule has 34 heavy (non-hydrogen) atoms. The Balaban J connectivity index is 1.34. The van der Waals surface area contributed by atoms with Gasteiger partial charge in [-0.2, -0.15) is 0 Å². The second-order valence-electron chi connectivity index (χ2n) is 7.11. The molecule has 0 spiro atoms. The van der Waals surface area contributed by atoms with Crippen LogP contribution in [-0.4, -0.2) is 36.2 Å². The van der Waals surface area contributed by atoms with E-state index >= 15 is 0 Å². The zero-order chi connectivity index (χ0) is 23.5. The second-order valence-corrected chi connectivity index (χ2v) is 8.49. The number of anilines is 1. The third-order valence-electron chi connectivity index (χ3n) is 4.80. The SMILES string of the molecule is O=C(CSc1nnc(-c2ccco2)n1-c1ccc(Cl)cc1)Nc1cc(=O)n(-c2ccccc2)[nH]1. The second kappa shape index (κ2) is 9.46. The van der Waals surface area contributed by atoms with Crippen LogP contribution in [0.2, 0.25) is 5.02 Å². The van der Waals surface area contributed by atoms with Crippen molar-refractivity contribution in [1.82, 2.24) is 24.5 Å². The Hall–Kier alpha value is -4.02. The fourth-order valence-electron chi connectivity index (χ4n) is 3.30. The lowest BCUT2D eigenvalue weighted by molar-refractivity contribution is -0.113. The van der Waals surface area contributed by atoms with Crippen LogP contribution in [0.5, 0.6) is 0 Å². The molecule has 0 bridgehead atoms. The first-order chi connectivity index (χ1) is 16.6. The molecule has 1 amide bonds. The molecule has 5 aromatic rings. The van der Waals surface area contributed by atoms with Crippen LogP contribution in [0, 0.1) is 0 Å². The summed E-state index contributed by atoms with van der Waals surface area (Å²) in [5, 5.41) is 15.2. The van der Waals surface area contributed by atoms with Gasteiger partial charge in [0.1, 0.15) is 5.82 Å². The molecular formula is C23H17ClN6O3S. The lowest BCUT2D eigenvalue weighted by atomic mass is 10.3. The number of halogens is 1. The molecule has 170 valence electrons. The number of carbonyl (C=O) groups excluding carboxylic acids is 1. The highest BCUT2D eigenvalue weighted by Gasteiger charge is 2.19. The number of rotatable bonds is 7. The number of hydrogen-bond donors (Lipinski definition) is 2. The first-order valence-corrected chi connectivity index (χ1v) is 11.5. The number of hydrogen-bond acceptors (Lipinski definition) is 6. The van der Waals surface area contributed by atoms with Crippen LogP contribution in [0.25, 0.3) is 23.0 Å². The first kappa shape index (κ1) is 21.8. The third kappa shape index (κ3) is 4.54. The van der Waals surface area contributed by atoms with Crippen molar-refractivity contribution in [3.05, 3.63) is 94.4 Å². The van der Waals surface area contributed by atoms with Crippen LogP contribution in [0.1, 0.15) is 0 Å². The minimum Gasteiger partial charge on any atom is -0.461 e. The molecule has 9 nitrogen and oxygen atoms in total. The summed E-state index contributed by atoms with van der Waals surface area (Å²) in [6, 6.07) is 21.2. The van der Waals surface area contributed by atoms with Crippen molar-refractivity contribution in [2.24, 2.45) is 0 Å². The van der Waals surface area contributed by atoms with Gasteiger partial charge in [0.25, 0.3) is 5.56 Å². The summed E-state index contributed by atoms with van der Waals surface area (Å²) in [7, 11) is 0. The quantitative estimate of drug-likeness (QED) is 0.326. The largest absolute Gasteiger partial charge is 0.461 e. The Morgan fingerprint density at radius 3 is 2.56 bits per heavy atom. The summed E-state index contributed by atoms with van der Waals surface area (Å²) in [6.07, 6.45) is 1.55. The van der Waals surface area contributed by atoms with Gasteiger partial charge in [-0.25, -0.2) is 4.68 Å². The predicted molar refractivity (Wildman–Crippen MR) is 130 cm³/mol. The molecule has 5 rings (SSSR count). The molecule has 0 radical (unpaired) electrons. The smallest absolute Gasteiger partial charge is 0.273 e. The molecule has 2 aromatic carbocycles. The molecule has 0 aliphatic carbocycles. The van der Waals surface area contributed by atoms with Crippen LogP contribution < -0.4 is 10.9 Å². The van der Waals surface area contributed by atoms with Crippen molar-refractivity contribution in [1.29, 1.82) is 0 Å². The van der Waals surface area contributed by atoms with E-state index in [2.05, 4.69) is 20.6 Å². The van der Waals surface area contributed by atoms with Gasteiger partial charge < -0.3 is 9.73 Å². The molecule has 11 heteroatoms. The van der Waals surface area contributed by atoms with Crippen LogP contribution >= 0.6 is 23.4 Å². The fraction of sp³-hybridized carbons (Fsp3) is 0.0435. The summed E-state index contributed by atoms with van der Waals surface area (Å²) in [5.74, 6) is 1.08. The standard InChI is InChI=1S/C23H17ClN6O3S/c24-15-8-10-16(11-9-15)29-22(18-7-4-12-33-18)26-27-23(29)34-14-20(31)25-19-13-21(32)30(28-19)17-5-2-1-3-6-17/h1-13,28H,14H2,(H,25,31). The summed E-state index contributed by atoms with van der Waals surface area (Å²) >= 11 is 7.24. The van der Waals surface area contributed by atoms with E-state index in [4.69, 9.17) is 16.0 Å². The number of nitrogens with zero attached hydrogens (tertiary/aromatic N) is 4. The lowest BCUT2D eigenvalue weighted by Crippen LogP contribution is -2.15.